The molecule has 0 unspecified atom stereocenters. The molecule has 0 aliphatic carbocycles. The number of aryl methyl sites for hydroxylation is 1. The molecule has 2 N–H and O–H groups in total. The molecule has 0 atom stereocenters. The van der Waals surface area contributed by atoms with E-state index >= 15 is 0 Å². The fourth-order valence-electron chi connectivity index (χ4n) is 2.51. The Morgan fingerprint density at radius 2 is 2.08 bits per heavy atom. The first-order chi connectivity index (χ1) is 12.2. The standard InChI is InChI=1S/C18H19N5O2/c1-13-9-14(7-8-17(13)25-2)10-20-18(24)22-15-5-3-4-6-16(15)23-12-19-11-21-23/h3-9,11-12H,10H2,1-2H3,(H2,20,22,24). The number of anilines is 1. The number of amides is 2. The van der Waals surface area contributed by atoms with Gasteiger partial charge in [-0.1, -0.05) is 24.3 Å². The number of rotatable bonds is 5. The summed E-state index contributed by atoms with van der Waals surface area (Å²) in [6.45, 7) is 2.39. The van der Waals surface area contributed by atoms with Crippen LogP contribution in [0.1, 0.15) is 11.1 Å². The molecule has 0 radical (unpaired) electrons. The lowest BCUT2D eigenvalue weighted by atomic mass is 10.1. The molecule has 1 aromatic heterocycles. The Kier molecular flexibility index (Phi) is 4.94. The van der Waals surface area contributed by atoms with Crippen LogP contribution in [0.25, 0.3) is 5.69 Å². The van der Waals surface area contributed by atoms with Crippen molar-refractivity contribution < 1.29 is 9.53 Å². The summed E-state index contributed by atoms with van der Waals surface area (Å²) in [5.41, 5.74) is 3.42. The van der Waals surface area contributed by atoms with E-state index in [1.165, 1.54) is 6.33 Å². The quantitative estimate of drug-likeness (QED) is 0.750. The Morgan fingerprint density at radius 1 is 1.24 bits per heavy atom. The topological polar surface area (TPSA) is 81.1 Å². The molecule has 0 saturated carbocycles. The van der Waals surface area contributed by atoms with Gasteiger partial charge in [0.1, 0.15) is 18.4 Å². The number of hydrogen-bond acceptors (Lipinski definition) is 4. The van der Waals surface area contributed by atoms with Crippen molar-refractivity contribution in [1.82, 2.24) is 20.1 Å². The molecule has 0 spiro atoms. The number of para-hydroxylation sites is 2. The number of ether oxygens (including phenoxy) is 1. The Morgan fingerprint density at radius 3 is 2.80 bits per heavy atom. The maximum Gasteiger partial charge on any atom is 0.319 e. The number of nitrogens with zero attached hydrogens (tertiary/aromatic N) is 3. The molecule has 128 valence electrons. The van der Waals surface area contributed by atoms with Crippen molar-refractivity contribution in [2.45, 2.75) is 13.5 Å². The Labute approximate surface area is 145 Å². The smallest absolute Gasteiger partial charge is 0.319 e. The van der Waals surface area contributed by atoms with Gasteiger partial charge in [0.2, 0.25) is 0 Å². The predicted molar refractivity (Wildman–Crippen MR) is 94.9 cm³/mol. The zero-order valence-corrected chi connectivity index (χ0v) is 14.1. The summed E-state index contributed by atoms with van der Waals surface area (Å²) in [5, 5.41) is 9.79. The minimum Gasteiger partial charge on any atom is -0.496 e. The minimum atomic E-state index is -0.291. The third kappa shape index (κ3) is 3.95. The van der Waals surface area contributed by atoms with Crippen LogP contribution in [-0.2, 0) is 6.54 Å². The summed E-state index contributed by atoms with van der Waals surface area (Å²) in [7, 11) is 1.64. The number of hydrogen-bond donors (Lipinski definition) is 2. The van der Waals surface area contributed by atoms with Gasteiger partial charge < -0.3 is 15.4 Å². The van der Waals surface area contributed by atoms with Crippen LogP contribution in [0.4, 0.5) is 10.5 Å². The van der Waals surface area contributed by atoms with E-state index in [4.69, 9.17) is 4.74 Å². The van der Waals surface area contributed by atoms with Crippen LogP contribution >= 0.6 is 0 Å². The van der Waals surface area contributed by atoms with Gasteiger partial charge in [-0.05, 0) is 36.2 Å². The van der Waals surface area contributed by atoms with Crippen LogP contribution in [-0.4, -0.2) is 27.9 Å². The number of methoxy groups -OCH3 is 1. The summed E-state index contributed by atoms with van der Waals surface area (Å²) in [6, 6.07) is 12.9. The van der Waals surface area contributed by atoms with Crippen molar-refractivity contribution in [3.63, 3.8) is 0 Å². The third-order valence-electron chi connectivity index (χ3n) is 3.73. The van der Waals surface area contributed by atoms with Crippen LogP contribution in [0, 0.1) is 6.92 Å². The van der Waals surface area contributed by atoms with Crippen molar-refractivity contribution in [2.24, 2.45) is 0 Å². The third-order valence-corrected chi connectivity index (χ3v) is 3.73. The van der Waals surface area contributed by atoms with Crippen LogP contribution in [0.5, 0.6) is 5.75 Å². The van der Waals surface area contributed by atoms with Crippen LogP contribution in [0.3, 0.4) is 0 Å². The zero-order chi connectivity index (χ0) is 17.6. The Balaban J connectivity index is 1.65. The van der Waals surface area contributed by atoms with Gasteiger partial charge in [-0.25, -0.2) is 14.5 Å². The minimum absolute atomic E-state index is 0.291. The number of carbonyl (C=O) groups excluding carboxylic acids is 1. The highest BCUT2D eigenvalue weighted by atomic mass is 16.5. The average Bonchev–Trinajstić information content (AvgIpc) is 3.15. The van der Waals surface area contributed by atoms with E-state index in [0.717, 1.165) is 22.6 Å². The van der Waals surface area contributed by atoms with E-state index in [1.54, 1.807) is 18.1 Å². The van der Waals surface area contributed by atoms with Gasteiger partial charge in [-0.15, -0.1) is 0 Å². The second-order valence-corrected chi connectivity index (χ2v) is 5.47. The molecule has 3 rings (SSSR count). The van der Waals surface area contributed by atoms with Gasteiger partial charge in [0, 0.05) is 6.54 Å². The molecule has 7 heteroatoms. The molecular weight excluding hydrogens is 318 g/mol. The number of carbonyl (C=O) groups is 1. The maximum atomic E-state index is 12.2. The summed E-state index contributed by atoms with van der Waals surface area (Å²) in [5.74, 6) is 0.829. The molecule has 3 aromatic rings. The molecule has 2 aromatic carbocycles. The fourth-order valence-corrected chi connectivity index (χ4v) is 2.51. The lowest BCUT2D eigenvalue weighted by Gasteiger charge is -2.12. The number of aromatic nitrogens is 3. The van der Waals surface area contributed by atoms with Gasteiger partial charge >= 0.3 is 6.03 Å². The van der Waals surface area contributed by atoms with Crippen LogP contribution in [0.2, 0.25) is 0 Å². The molecule has 2 amide bonds. The number of urea groups is 1. The second-order valence-electron chi connectivity index (χ2n) is 5.47. The second kappa shape index (κ2) is 7.48. The zero-order valence-electron chi connectivity index (χ0n) is 14.1. The summed E-state index contributed by atoms with van der Waals surface area (Å²) in [4.78, 5) is 16.2. The highest BCUT2D eigenvalue weighted by Gasteiger charge is 2.08. The Hall–Kier alpha value is -3.35. The van der Waals surface area contributed by atoms with E-state index in [-0.39, 0.29) is 6.03 Å². The van der Waals surface area contributed by atoms with Crippen molar-refractivity contribution in [1.29, 1.82) is 0 Å². The van der Waals surface area contributed by atoms with Gasteiger partial charge in [0.25, 0.3) is 0 Å². The first-order valence-electron chi connectivity index (χ1n) is 7.80. The van der Waals surface area contributed by atoms with Crippen molar-refractivity contribution >= 4 is 11.7 Å². The number of benzene rings is 2. The largest absolute Gasteiger partial charge is 0.496 e. The lowest BCUT2D eigenvalue weighted by Crippen LogP contribution is -2.28. The van der Waals surface area contributed by atoms with Gasteiger partial charge in [0.05, 0.1) is 18.5 Å². The average molecular weight is 337 g/mol. The monoisotopic (exact) mass is 337 g/mol. The van der Waals surface area contributed by atoms with E-state index in [1.807, 2.05) is 49.4 Å². The molecule has 1 heterocycles. The van der Waals surface area contributed by atoms with E-state index in [9.17, 15) is 4.79 Å². The summed E-state index contributed by atoms with van der Waals surface area (Å²) >= 11 is 0. The molecule has 0 fully saturated rings. The van der Waals surface area contributed by atoms with Crippen molar-refractivity contribution in [2.75, 3.05) is 12.4 Å². The van der Waals surface area contributed by atoms with Gasteiger partial charge in [0.15, 0.2) is 0 Å². The normalized spacial score (nSPS) is 10.3. The predicted octanol–water partition coefficient (Wildman–Crippen LogP) is 2.91. The van der Waals surface area contributed by atoms with E-state index in [2.05, 4.69) is 20.7 Å². The van der Waals surface area contributed by atoms with Crippen LogP contribution in [0.15, 0.2) is 55.1 Å². The lowest BCUT2D eigenvalue weighted by molar-refractivity contribution is 0.251. The highest BCUT2D eigenvalue weighted by Crippen LogP contribution is 2.19. The van der Waals surface area contributed by atoms with Crippen LogP contribution < -0.4 is 15.4 Å². The molecule has 0 aliphatic heterocycles. The van der Waals surface area contributed by atoms with E-state index < -0.39 is 0 Å². The first kappa shape index (κ1) is 16.5. The van der Waals surface area contributed by atoms with Gasteiger partial charge in [-0.3, -0.25) is 0 Å². The molecule has 25 heavy (non-hydrogen) atoms. The first-order valence-corrected chi connectivity index (χ1v) is 7.80. The maximum absolute atomic E-state index is 12.2. The van der Waals surface area contributed by atoms with Gasteiger partial charge in [-0.2, -0.15) is 5.10 Å². The summed E-state index contributed by atoms with van der Waals surface area (Å²) < 4.78 is 6.84. The molecule has 0 aliphatic rings. The number of nitrogens with one attached hydrogen (secondary N) is 2. The molecule has 0 bridgehead atoms. The highest BCUT2D eigenvalue weighted by molar-refractivity contribution is 5.91. The molecule has 7 nitrogen and oxygen atoms in total. The summed E-state index contributed by atoms with van der Waals surface area (Å²) in [6.07, 6.45) is 3.03. The molecular formula is C18H19N5O2. The SMILES string of the molecule is COc1ccc(CNC(=O)Nc2ccccc2-n2cncn2)cc1C. The Bertz CT molecular complexity index is 862. The fraction of sp³-hybridized carbons (Fsp3) is 0.167. The molecule has 0 saturated heterocycles. The van der Waals surface area contributed by atoms with Crippen molar-refractivity contribution in [3.8, 4) is 11.4 Å². The van der Waals surface area contributed by atoms with E-state index in [0.29, 0.717) is 12.2 Å². The van der Waals surface area contributed by atoms with Crippen molar-refractivity contribution in [3.05, 3.63) is 66.2 Å².